The van der Waals surface area contributed by atoms with Gasteiger partial charge in [-0.1, -0.05) is 37.6 Å². The van der Waals surface area contributed by atoms with Crippen LogP contribution in [0.1, 0.15) is 84.5 Å². The third-order valence-corrected chi connectivity index (χ3v) is 8.19. The lowest BCUT2D eigenvalue weighted by atomic mass is 9.66. The van der Waals surface area contributed by atoms with E-state index in [1.54, 1.807) is 5.57 Å². The molecule has 0 spiro atoms. The van der Waals surface area contributed by atoms with Crippen molar-refractivity contribution in [3.63, 3.8) is 0 Å². The maximum atomic E-state index is 14.7. The molecule has 0 amide bonds. The number of alkyl halides is 1. The number of fused-ring (bicyclic) bond motifs is 1. The van der Waals surface area contributed by atoms with Crippen LogP contribution in [0.25, 0.3) is 0 Å². The molecule has 0 radical (unpaired) electrons. The zero-order valence-corrected chi connectivity index (χ0v) is 16.4. The van der Waals surface area contributed by atoms with Crippen molar-refractivity contribution in [1.82, 2.24) is 0 Å². The van der Waals surface area contributed by atoms with Gasteiger partial charge in [-0.15, -0.1) is 0 Å². The van der Waals surface area contributed by atoms with Crippen molar-refractivity contribution in [3.8, 4) is 0 Å². The minimum Gasteiger partial charge on any atom is -0.244 e. The summed E-state index contributed by atoms with van der Waals surface area (Å²) >= 11 is 0. The van der Waals surface area contributed by atoms with Crippen molar-refractivity contribution in [2.24, 2.45) is 35.5 Å². The predicted octanol–water partition coefficient (Wildman–Crippen LogP) is 7.26. The Morgan fingerprint density at radius 1 is 1.20 bits per heavy atom. The van der Waals surface area contributed by atoms with Gasteiger partial charge < -0.3 is 0 Å². The van der Waals surface area contributed by atoms with Crippen LogP contribution < -0.4 is 0 Å². The Morgan fingerprint density at radius 2 is 2.00 bits per heavy atom. The van der Waals surface area contributed by atoms with E-state index in [2.05, 4.69) is 32.1 Å². The predicted molar refractivity (Wildman–Crippen MR) is 104 cm³/mol. The van der Waals surface area contributed by atoms with E-state index in [-0.39, 0.29) is 0 Å². The molecule has 5 atom stereocenters. The summed E-state index contributed by atoms with van der Waals surface area (Å²) in [6.07, 6.45) is 20.7. The van der Waals surface area contributed by atoms with Crippen molar-refractivity contribution >= 4 is 0 Å². The first kappa shape index (κ1) is 17.8. The number of halogens is 1. The van der Waals surface area contributed by atoms with Crippen molar-refractivity contribution < 1.29 is 4.39 Å². The third kappa shape index (κ3) is 3.91. The van der Waals surface area contributed by atoms with Crippen LogP contribution in [-0.4, -0.2) is 5.67 Å². The second-order valence-corrected chi connectivity index (χ2v) is 10.0. The highest BCUT2D eigenvalue weighted by Crippen LogP contribution is 2.63. The summed E-state index contributed by atoms with van der Waals surface area (Å²) in [4.78, 5) is 0. The molecule has 0 aromatic rings. The lowest BCUT2D eigenvalue weighted by Gasteiger charge is -2.40. The van der Waals surface area contributed by atoms with Gasteiger partial charge in [0.1, 0.15) is 5.67 Å². The molecule has 3 fully saturated rings. The number of hydrogen-bond acceptors (Lipinski definition) is 0. The van der Waals surface area contributed by atoms with Crippen LogP contribution >= 0.6 is 0 Å². The highest BCUT2D eigenvalue weighted by molar-refractivity contribution is 5.17. The van der Waals surface area contributed by atoms with E-state index in [0.29, 0.717) is 17.8 Å². The summed E-state index contributed by atoms with van der Waals surface area (Å²) < 4.78 is 14.7. The maximum Gasteiger partial charge on any atom is 0.114 e. The van der Waals surface area contributed by atoms with Gasteiger partial charge in [0.15, 0.2) is 0 Å². The van der Waals surface area contributed by atoms with E-state index >= 15 is 0 Å². The fourth-order valence-corrected chi connectivity index (χ4v) is 6.54. The molecule has 0 aromatic carbocycles. The first-order valence-electron chi connectivity index (χ1n) is 11.1. The molecule has 0 saturated heterocycles. The molecule has 140 valence electrons. The summed E-state index contributed by atoms with van der Waals surface area (Å²) in [7, 11) is 0. The van der Waals surface area contributed by atoms with Crippen LogP contribution in [-0.2, 0) is 0 Å². The number of rotatable bonds is 5. The zero-order valence-electron chi connectivity index (χ0n) is 16.4. The van der Waals surface area contributed by atoms with Gasteiger partial charge in [0.05, 0.1) is 0 Å². The number of hydrogen-bond donors (Lipinski definition) is 0. The molecule has 25 heavy (non-hydrogen) atoms. The lowest BCUT2D eigenvalue weighted by Crippen LogP contribution is -2.32. The molecule has 0 aliphatic heterocycles. The summed E-state index contributed by atoms with van der Waals surface area (Å²) in [5.74, 6) is 4.38. The van der Waals surface area contributed by atoms with E-state index in [4.69, 9.17) is 0 Å². The molecule has 0 aromatic heterocycles. The van der Waals surface area contributed by atoms with E-state index in [9.17, 15) is 4.39 Å². The quantitative estimate of drug-likeness (QED) is 0.492. The molecule has 4 aliphatic rings. The average Bonchev–Trinajstić information content (AvgIpc) is 3.31. The van der Waals surface area contributed by atoms with Crippen LogP contribution in [0.3, 0.4) is 0 Å². The monoisotopic (exact) mass is 344 g/mol. The van der Waals surface area contributed by atoms with E-state index < -0.39 is 5.67 Å². The summed E-state index contributed by atoms with van der Waals surface area (Å²) in [5, 5.41) is 0. The third-order valence-electron chi connectivity index (χ3n) is 8.19. The molecule has 4 aliphatic carbocycles. The van der Waals surface area contributed by atoms with E-state index in [1.165, 1.54) is 57.8 Å². The molecular weight excluding hydrogens is 307 g/mol. The summed E-state index contributed by atoms with van der Waals surface area (Å²) in [5.41, 5.74) is 0.918. The molecule has 5 unspecified atom stereocenters. The molecule has 1 heteroatoms. The van der Waals surface area contributed by atoms with Gasteiger partial charge >= 0.3 is 0 Å². The van der Waals surface area contributed by atoms with Gasteiger partial charge in [-0.2, -0.15) is 0 Å². The highest BCUT2D eigenvalue weighted by atomic mass is 19.1. The van der Waals surface area contributed by atoms with Gasteiger partial charge in [-0.05, 0) is 106 Å². The van der Waals surface area contributed by atoms with Crippen molar-refractivity contribution in [1.29, 1.82) is 0 Å². The molecule has 0 heterocycles. The van der Waals surface area contributed by atoms with E-state index in [0.717, 1.165) is 30.6 Å². The number of allylic oxidation sites excluding steroid dienone is 4. The fraction of sp³-hybridized carbons (Fsp3) is 0.833. The van der Waals surface area contributed by atoms with Crippen molar-refractivity contribution in [2.75, 3.05) is 0 Å². The topological polar surface area (TPSA) is 0 Å². The van der Waals surface area contributed by atoms with Gasteiger partial charge in [-0.3, -0.25) is 0 Å². The van der Waals surface area contributed by atoms with Gasteiger partial charge in [-0.25, -0.2) is 4.39 Å². The highest BCUT2D eigenvalue weighted by Gasteiger charge is 2.62. The van der Waals surface area contributed by atoms with Crippen LogP contribution in [0.5, 0.6) is 0 Å². The van der Waals surface area contributed by atoms with E-state index in [1.807, 2.05) is 0 Å². The Bertz CT molecular complexity index is 524. The SMILES string of the molecule is CC1CC(C2CCC(C(C)CCC3=CC=CCC3)CC2)C2CC2(F)C1. The molecule has 3 saturated carbocycles. The first-order chi connectivity index (χ1) is 12.0. The zero-order chi connectivity index (χ0) is 17.4. The molecule has 0 nitrogen and oxygen atoms in total. The van der Waals surface area contributed by atoms with Crippen LogP contribution in [0.2, 0.25) is 0 Å². The first-order valence-corrected chi connectivity index (χ1v) is 11.1. The van der Waals surface area contributed by atoms with Gasteiger partial charge in [0.2, 0.25) is 0 Å². The Kier molecular flexibility index (Phi) is 5.13. The van der Waals surface area contributed by atoms with Crippen LogP contribution in [0.15, 0.2) is 23.8 Å². The van der Waals surface area contributed by atoms with Gasteiger partial charge in [0, 0.05) is 0 Å². The lowest BCUT2D eigenvalue weighted by molar-refractivity contribution is 0.0766. The van der Waals surface area contributed by atoms with Crippen LogP contribution in [0.4, 0.5) is 4.39 Å². The Labute approximate surface area is 154 Å². The molecule has 0 N–H and O–H groups in total. The average molecular weight is 345 g/mol. The Hall–Kier alpha value is -0.590. The molecule has 0 bridgehead atoms. The largest absolute Gasteiger partial charge is 0.244 e. The Balaban J connectivity index is 1.24. The minimum atomic E-state index is -0.741. The normalized spacial score (nSPS) is 44.8. The summed E-state index contributed by atoms with van der Waals surface area (Å²) in [6.45, 7) is 4.77. The van der Waals surface area contributed by atoms with Crippen molar-refractivity contribution in [2.45, 2.75) is 90.1 Å². The fourth-order valence-electron chi connectivity index (χ4n) is 6.54. The molecule has 4 rings (SSSR count). The van der Waals surface area contributed by atoms with Crippen LogP contribution in [0, 0.1) is 35.5 Å². The van der Waals surface area contributed by atoms with Crippen molar-refractivity contribution in [3.05, 3.63) is 23.8 Å². The minimum absolute atomic E-state index is 0.439. The standard InChI is InChI=1S/C24H37F/c1-17-14-22(23-16-24(23,25)15-17)21-12-10-20(11-13-21)18(2)8-9-19-6-4-3-5-7-19/h3-4,6,17-18,20-23H,5,7-16H2,1-2H3. The second kappa shape index (κ2) is 7.20. The summed E-state index contributed by atoms with van der Waals surface area (Å²) in [6, 6.07) is 0. The smallest absolute Gasteiger partial charge is 0.114 e. The Morgan fingerprint density at radius 3 is 2.72 bits per heavy atom. The second-order valence-electron chi connectivity index (χ2n) is 10.0. The molecular formula is C24H37F. The maximum absolute atomic E-state index is 14.7. The van der Waals surface area contributed by atoms with Gasteiger partial charge in [0.25, 0.3) is 0 Å².